The maximum absolute atomic E-state index is 6.00. The van der Waals surface area contributed by atoms with E-state index in [1.54, 1.807) is 0 Å². The van der Waals surface area contributed by atoms with E-state index in [-0.39, 0.29) is 0 Å². The lowest BCUT2D eigenvalue weighted by Gasteiger charge is -2.41. The van der Waals surface area contributed by atoms with Crippen LogP contribution in [-0.4, -0.2) is 55.1 Å². The summed E-state index contributed by atoms with van der Waals surface area (Å²) in [6, 6.07) is 0.655. The Morgan fingerprint density at radius 2 is 1.83 bits per heavy atom. The number of hydrogen-bond acceptors (Lipinski definition) is 3. The Labute approximate surface area is 113 Å². The average molecular weight is 253 g/mol. The van der Waals surface area contributed by atoms with Gasteiger partial charge in [0.1, 0.15) is 0 Å². The summed E-state index contributed by atoms with van der Waals surface area (Å²) in [4.78, 5) is 5.30. The van der Waals surface area contributed by atoms with Crippen molar-refractivity contribution in [1.29, 1.82) is 0 Å². The largest absolute Gasteiger partial charge is 0.329 e. The van der Waals surface area contributed by atoms with Gasteiger partial charge in [-0.3, -0.25) is 4.90 Å². The average Bonchev–Trinajstić information content (AvgIpc) is 2.91. The predicted octanol–water partition coefficient (Wildman–Crippen LogP) is 1.92. The molecule has 2 fully saturated rings. The Hall–Kier alpha value is -0.120. The maximum atomic E-state index is 6.00. The van der Waals surface area contributed by atoms with E-state index in [0.29, 0.717) is 6.04 Å². The highest BCUT2D eigenvalue weighted by atomic mass is 15.2. The molecule has 2 N–H and O–H groups in total. The van der Waals surface area contributed by atoms with E-state index in [4.69, 9.17) is 5.73 Å². The number of nitrogens with zero attached hydrogens (tertiary/aromatic N) is 2. The first kappa shape index (κ1) is 14.3. The first-order chi connectivity index (χ1) is 8.85. The van der Waals surface area contributed by atoms with Crippen LogP contribution in [0.3, 0.4) is 0 Å². The fourth-order valence-electron chi connectivity index (χ4n) is 3.81. The number of piperidine rings is 1. The SMILES string of the molecule is CCC1CCCN(CCCN2CCCC2)C1CN. The number of likely N-dealkylation sites (tertiary alicyclic amines) is 2. The van der Waals surface area contributed by atoms with E-state index < -0.39 is 0 Å². The second-order valence-electron chi connectivity index (χ2n) is 6.05. The minimum Gasteiger partial charge on any atom is -0.329 e. The van der Waals surface area contributed by atoms with Gasteiger partial charge in [0.15, 0.2) is 0 Å². The van der Waals surface area contributed by atoms with Crippen molar-refractivity contribution in [3.8, 4) is 0 Å². The Kier molecular flexibility index (Phi) is 5.93. The van der Waals surface area contributed by atoms with Crippen LogP contribution in [0.25, 0.3) is 0 Å². The molecular weight excluding hydrogens is 222 g/mol. The van der Waals surface area contributed by atoms with Crippen molar-refractivity contribution in [2.75, 3.05) is 39.3 Å². The van der Waals surface area contributed by atoms with E-state index in [1.165, 1.54) is 71.2 Å². The summed E-state index contributed by atoms with van der Waals surface area (Å²) in [7, 11) is 0. The smallest absolute Gasteiger partial charge is 0.0246 e. The van der Waals surface area contributed by atoms with Gasteiger partial charge < -0.3 is 10.6 Å². The van der Waals surface area contributed by atoms with E-state index >= 15 is 0 Å². The van der Waals surface area contributed by atoms with Crippen LogP contribution in [0.4, 0.5) is 0 Å². The summed E-state index contributed by atoms with van der Waals surface area (Å²) < 4.78 is 0. The maximum Gasteiger partial charge on any atom is 0.0246 e. The first-order valence-corrected chi connectivity index (χ1v) is 8.01. The van der Waals surface area contributed by atoms with Crippen LogP contribution in [0.5, 0.6) is 0 Å². The minimum atomic E-state index is 0.655. The molecule has 3 nitrogen and oxygen atoms in total. The topological polar surface area (TPSA) is 32.5 Å². The van der Waals surface area contributed by atoms with Crippen molar-refractivity contribution in [3.63, 3.8) is 0 Å². The molecular formula is C15H31N3. The first-order valence-electron chi connectivity index (χ1n) is 8.01. The summed E-state index contributed by atoms with van der Waals surface area (Å²) >= 11 is 0. The summed E-state index contributed by atoms with van der Waals surface area (Å²) in [5.41, 5.74) is 6.00. The van der Waals surface area contributed by atoms with Crippen molar-refractivity contribution in [3.05, 3.63) is 0 Å². The van der Waals surface area contributed by atoms with Gasteiger partial charge in [0.2, 0.25) is 0 Å². The fourth-order valence-corrected chi connectivity index (χ4v) is 3.81. The Morgan fingerprint density at radius 3 is 2.50 bits per heavy atom. The minimum absolute atomic E-state index is 0.655. The van der Waals surface area contributed by atoms with E-state index in [2.05, 4.69) is 16.7 Å². The van der Waals surface area contributed by atoms with E-state index in [1.807, 2.05) is 0 Å². The normalized spacial score (nSPS) is 31.0. The molecule has 2 aliphatic heterocycles. The Bertz CT molecular complexity index is 226. The van der Waals surface area contributed by atoms with Crippen molar-refractivity contribution < 1.29 is 0 Å². The molecule has 3 heteroatoms. The highest BCUT2D eigenvalue weighted by molar-refractivity contribution is 4.84. The molecule has 106 valence electrons. The summed E-state index contributed by atoms with van der Waals surface area (Å²) in [6.45, 7) is 9.66. The standard InChI is InChI=1S/C15H31N3/c1-2-14-7-5-11-18(15(14)13-16)12-6-10-17-8-3-4-9-17/h14-15H,2-13,16H2,1H3. The zero-order chi connectivity index (χ0) is 12.8. The van der Waals surface area contributed by atoms with Gasteiger partial charge in [0.25, 0.3) is 0 Å². The third-order valence-corrected chi connectivity index (χ3v) is 4.92. The van der Waals surface area contributed by atoms with Crippen LogP contribution in [0.1, 0.15) is 45.4 Å². The zero-order valence-electron chi connectivity index (χ0n) is 12.1. The molecule has 0 aromatic rings. The summed E-state index contributed by atoms with van der Waals surface area (Å²) in [5, 5.41) is 0. The quantitative estimate of drug-likeness (QED) is 0.785. The molecule has 2 heterocycles. The Morgan fingerprint density at radius 1 is 1.06 bits per heavy atom. The van der Waals surface area contributed by atoms with Gasteiger partial charge in [-0.05, 0) is 70.7 Å². The highest BCUT2D eigenvalue weighted by Crippen LogP contribution is 2.25. The molecule has 2 saturated heterocycles. The predicted molar refractivity (Wildman–Crippen MR) is 77.7 cm³/mol. The molecule has 0 bridgehead atoms. The summed E-state index contributed by atoms with van der Waals surface area (Å²) in [5.74, 6) is 0.843. The van der Waals surface area contributed by atoms with Crippen LogP contribution < -0.4 is 5.73 Å². The Balaban J connectivity index is 1.72. The zero-order valence-corrected chi connectivity index (χ0v) is 12.1. The van der Waals surface area contributed by atoms with Gasteiger partial charge in [-0.25, -0.2) is 0 Å². The van der Waals surface area contributed by atoms with Crippen LogP contribution in [-0.2, 0) is 0 Å². The van der Waals surface area contributed by atoms with Crippen molar-refractivity contribution >= 4 is 0 Å². The fraction of sp³-hybridized carbons (Fsp3) is 1.00. The summed E-state index contributed by atoms with van der Waals surface area (Å²) in [6.07, 6.45) is 8.21. The lowest BCUT2D eigenvalue weighted by molar-refractivity contribution is 0.0910. The molecule has 0 aliphatic carbocycles. The number of nitrogens with two attached hydrogens (primary N) is 1. The van der Waals surface area contributed by atoms with Gasteiger partial charge in [-0.1, -0.05) is 13.3 Å². The number of rotatable bonds is 6. The second kappa shape index (κ2) is 7.46. The molecule has 0 spiro atoms. The van der Waals surface area contributed by atoms with Crippen LogP contribution >= 0.6 is 0 Å². The van der Waals surface area contributed by atoms with Gasteiger partial charge in [0, 0.05) is 12.6 Å². The molecule has 2 atom stereocenters. The van der Waals surface area contributed by atoms with Crippen molar-refractivity contribution in [2.24, 2.45) is 11.7 Å². The lowest BCUT2D eigenvalue weighted by atomic mass is 9.87. The monoisotopic (exact) mass is 253 g/mol. The lowest BCUT2D eigenvalue weighted by Crippen LogP contribution is -2.49. The van der Waals surface area contributed by atoms with Crippen LogP contribution in [0.2, 0.25) is 0 Å². The molecule has 0 aromatic carbocycles. The van der Waals surface area contributed by atoms with Crippen LogP contribution in [0, 0.1) is 5.92 Å². The molecule has 0 aromatic heterocycles. The highest BCUT2D eigenvalue weighted by Gasteiger charge is 2.28. The van der Waals surface area contributed by atoms with Crippen molar-refractivity contribution in [2.45, 2.75) is 51.5 Å². The third-order valence-electron chi connectivity index (χ3n) is 4.92. The third kappa shape index (κ3) is 3.69. The molecule has 0 saturated carbocycles. The molecule has 2 aliphatic rings. The van der Waals surface area contributed by atoms with Crippen molar-refractivity contribution in [1.82, 2.24) is 9.80 Å². The van der Waals surface area contributed by atoms with E-state index in [9.17, 15) is 0 Å². The van der Waals surface area contributed by atoms with Gasteiger partial charge in [-0.2, -0.15) is 0 Å². The molecule has 2 rings (SSSR count). The molecule has 0 amide bonds. The molecule has 2 unspecified atom stereocenters. The van der Waals surface area contributed by atoms with E-state index in [0.717, 1.165) is 12.5 Å². The van der Waals surface area contributed by atoms with Gasteiger partial charge >= 0.3 is 0 Å². The molecule has 0 radical (unpaired) electrons. The van der Waals surface area contributed by atoms with Gasteiger partial charge in [0.05, 0.1) is 0 Å². The van der Waals surface area contributed by atoms with Gasteiger partial charge in [-0.15, -0.1) is 0 Å². The second-order valence-corrected chi connectivity index (χ2v) is 6.05. The molecule has 18 heavy (non-hydrogen) atoms. The van der Waals surface area contributed by atoms with Crippen LogP contribution in [0.15, 0.2) is 0 Å². The number of hydrogen-bond donors (Lipinski definition) is 1.